The van der Waals surface area contributed by atoms with E-state index in [1.807, 2.05) is 0 Å². The summed E-state index contributed by atoms with van der Waals surface area (Å²) >= 11 is 0. The normalized spacial score (nSPS) is 12.3. The summed E-state index contributed by atoms with van der Waals surface area (Å²) in [7, 11) is 0. The van der Waals surface area contributed by atoms with E-state index in [-0.39, 0.29) is 25.2 Å². The monoisotopic (exact) mass is 677 g/mol. The quantitative estimate of drug-likeness (QED) is 0.0400. The highest BCUT2D eigenvalue weighted by Gasteiger charge is 2.16. The van der Waals surface area contributed by atoms with Crippen LogP contribution < -0.4 is 0 Å². The summed E-state index contributed by atoms with van der Waals surface area (Å²) in [5, 5.41) is 9.56. The second kappa shape index (κ2) is 39.8. The fourth-order valence-corrected chi connectivity index (χ4v) is 6.06. The van der Waals surface area contributed by atoms with Crippen LogP contribution in [-0.4, -0.2) is 36.4 Å². The van der Waals surface area contributed by atoms with Crippen molar-refractivity contribution in [3.8, 4) is 0 Å². The van der Waals surface area contributed by atoms with Crippen molar-refractivity contribution in [2.24, 2.45) is 0 Å². The van der Waals surface area contributed by atoms with Crippen LogP contribution in [0.4, 0.5) is 0 Å². The van der Waals surface area contributed by atoms with Gasteiger partial charge in [-0.05, 0) is 44.9 Å². The van der Waals surface area contributed by atoms with E-state index in [0.29, 0.717) is 12.8 Å². The lowest BCUT2D eigenvalue weighted by molar-refractivity contribution is -0.161. The van der Waals surface area contributed by atoms with Crippen molar-refractivity contribution >= 4 is 11.9 Å². The zero-order valence-corrected chi connectivity index (χ0v) is 32.0. The number of allylic oxidation sites excluding steroid dienone is 4. The number of hydrogen-bond donors (Lipinski definition) is 1. The standard InChI is InChI=1S/C43H80O5/c1-3-5-7-9-11-13-15-17-19-21-22-24-26-28-30-32-34-36-38-43(46)48-41(39-44)40-47-42(45)37-35-33-31-29-27-25-23-20-18-16-14-12-10-8-6-4-2/h13,15,19,21,41,44H,3-12,14,16-18,20,22-40H2,1-2H3/b15-13-,21-19-. The lowest BCUT2D eigenvalue weighted by Crippen LogP contribution is -2.28. The van der Waals surface area contributed by atoms with Crippen LogP contribution in [0, 0.1) is 0 Å². The van der Waals surface area contributed by atoms with Gasteiger partial charge >= 0.3 is 11.9 Å². The molecule has 0 radical (unpaired) electrons. The van der Waals surface area contributed by atoms with Crippen molar-refractivity contribution in [2.45, 2.75) is 225 Å². The van der Waals surface area contributed by atoms with Gasteiger partial charge in [-0.2, -0.15) is 0 Å². The van der Waals surface area contributed by atoms with Crippen molar-refractivity contribution in [1.82, 2.24) is 0 Å². The molecule has 282 valence electrons. The molecule has 0 saturated carbocycles. The molecule has 0 aromatic rings. The summed E-state index contributed by atoms with van der Waals surface area (Å²) < 4.78 is 10.6. The summed E-state index contributed by atoms with van der Waals surface area (Å²) in [5.41, 5.74) is 0. The minimum absolute atomic E-state index is 0.0645. The van der Waals surface area contributed by atoms with Crippen LogP contribution in [0.2, 0.25) is 0 Å². The molecular formula is C43H80O5. The van der Waals surface area contributed by atoms with E-state index in [9.17, 15) is 14.7 Å². The average Bonchev–Trinajstić information content (AvgIpc) is 3.09. The Morgan fingerprint density at radius 2 is 0.833 bits per heavy atom. The van der Waals surface area contributed by atoms with Gasteiger partial charge in [-0.15, -0.1) is 0 Å². The average molecular weight is 677 g/mol. The van der Waals surface area contributed by atoms with Crippen LogP contribution in [0.25, 0.3) is 0 Å². The Kier molecular flexibility index (Phi) is 38.5. The smallest absolute Gasteiger partial charge is 0.306 e. The second-order valence-corrected chi connectivity index (χ2v) is 14.1. The highest BCUT2D eigenvalue weighted by Crippen LogP contribution is 2.15. The summed E-state index contributed by atoms with van der Waals surface area (Å²) in [6, 6.07) is 0. The van der Waals surface area contributed by atoms with Crippen molar-refractivity contribution in [3.63, 3.8) is 0 Å². The van der Waals surface area contributed by atoms with Gasteiger partial charge in [0.15, 0.2) is 6.10 Å². The molecule has 0 bridgehead atoms. The Bertz CT molecular complexity index is 731. The van der Waals surface area contributed by atoms with Gasteiger partial charge < -0.3 is 14.6 Å². The molecule has 0 spiro atoms. The van der Waals surface area contributed by atoms with E-state index in [0.717, 1.165) is 51.4 Å². The van der Waals surface area contributed by atoms with Crippen molar-refractivity contribution in [3.05, 3.63) is 24.3 Å². The van der Waals surface area contributed by atoms with Gasteiger partial charge in [-0.3, -0.25) is 9.59 Å². The number of aliphatic hydroxyl groups excluding tert-OH is 1. The van der Waals surface area contributed by atoms with Crippen LogP contribution in [0.1, 0.15) is 219 Å². The maximum absolute atomic E-state index is 12.2. The van der Waals surface area contributed by atoms with Gasteiger partial charge in [0.1, 0.15) is 6.61 Å². The Hall–Kier alpha value is -1.62. The van der Waals surface area contributed by atoms with Crippen LogP contribution in [0.5, 0.6) is 0 Å². The largest absolute Gasteiger partial charge is 0.462 e. The maximum atomic E-state index is 12.2. The van der Waals surface area contributed by atoms with Crippen molar-refractivity contribution < 1.29 is 24.2 Å². The number of unbranched alkanes of at least 4 members (excludes halogenated alkanes) is 26. The molecule has 0 aliphatic rings. The number of rotatable bonds is 38. The summed E-state index contributed by atoms with van der Waals surface area (Å²) in [5.74, 6) is -0.590. The fourth-order valence-electron chi connectivity index (χ4n) is 6.06. The molecule has 1 atom stereocenters. The molecular weight excluding hydrogens is 596 g/mol. The molecule has 0 amide bonds. The SMILES string of the molecule is CCCCCC/C=C\C/C=C\CCCCCCCCCC(=O)OC(CO)COC(=O)CCCCCCCCCCCCCCCCCC. The predicted octanol–water partition coefficient (Wildman–Crippen LogP) is 13.1. The summed E-state index contributed by atoms with van der Waals surface area (Å²) in [4.78, 5) is 24.3. The molecule has 0 rings (SSSR count). The number of carbonyl (C=O) groups is 2. The molecule has 1 unspecified atom stereocenters. The van der Waals surface area contributed by atoms with Crippen LogP contribution >= 0.6 is 0 Å². The second-order valence-electron chi connectivity index (χ2n) is 14.1. The first-order chi connectivity index (χ1) is 23.6. The maximum Gasteiger partial charge on any atom is 0.306 e. The van der Waals surface area contributed by atoms with Crippen molar-refractivity contribution in [2.75, 3.05) is 13.2 Å². The van der Waals surface area contributed by atoms with Gasteiger partial charge in [0.25, 0.3) is 0 Å². The molecule has 5 heteroatoms. The molecule has 0 aromatic carbocycles. The van der Waals surface area contributed by atoms with Crippen LogP contribution in [-0.2, 0) is 19.1 Å². The van der Waals surface area contributed by atoms with E-state index in [2.05, 4.69) is 38.2 Å². The first-order valence-corrected chi connectivity index (χ1v) is 20.9. The lowest BCUT2D eigenvalue weighted by atomic mass is 10.0. The molecule has 5 nitrogen and oxygen atoms in total. The van der Waals surface area contributed by atoms with Crippen molar-refractivity contribution in [1.29, 1.82) is 0 Å². The number of esters is 2. The number of carbonyl (C=O) groups excluding carboxylic acids is 2. The van der Waals surface area contributed by atoms with Gasteiger partial charge in [0, 0.05) is 12.8 Å². The molecule has 0 saturated heterocycles. The van der Waals surface area contributed by atoms with Gasteiger partial charge in [0.2, 0.25) is 0 Å². The minimum Gasteiger partial charge on any atom is -0.462 e. The Morgan fingerprint density at radius 3 is 1.25 bits per heavy atom. The highest BCUT2D eigenvalue weighted by molar-refractivity contribution is 5.70. The number of ether oxygens (including phenoxy) is 2. The highest BCUT2D eigenvalue weighted by atomic mass is 16.6. The zero-order chi connectivity index (χ0) is 35.0. The van der Waals surface area contributed by atoms with E-state index in [4.69, 9.17) is 9.47 Å². The third-order valence-corrected chi connectivity index (χ3v) is 9.25. The lowest BCUT2D eigenvalue weighted by Gasteiger charge is -2.15. The Morgan fingerprint density at radius 1 is 0.479 bits per heavy atom. The topological polar surface area (TPSA) is 72.8 Å². The molecule has 0 fully saturated rings. The molecule has 0 aliphatic carbocycles. The van der Waals surface area contributed by atoms with E-state index in [1.54, 1.807) is 0 Å². The number of aliphatic hydroxyl groups is 1. The Balaban J connectivity index is 3.53. The predicted molar refractivity (Wildman–Crippen MR) is 205 cm³/mol. The van der Waals surface area contributed by atoms with Crippen LogP contribution in [0.3, 0.4) is 0 Å². The van der Waals surface area contributed by atoms with E-state index >= 15 is 0 Å². The summed E-state index contributed by atoms with van der Waals surface area (Å²) in [6.07, 6.45) is 46.7. The number of hydrogen-bond acceptors (Lipinski definition) is 5. The van der Waals surface area contributed by atoms with Gasteiger partial charge in [0.05, 0.1) is 6.61 Å². The molecule has 1 N–H and O–H groups in total. The summed E-state index contributed by atoms with van der Waals surface area (Å²) in [6.45, 7) is 4.13. The molecule has 0 aromatic heterocycles. The minimum atomic E-state index is -0.770. The van der Waals surface area contributed by atoms with E-state index < -0.39 is 6.10 Å². The first kappa shape index (κ1) is 46.4. The van der Waals surface area contributed by atoms with Gasteiger partial charge in [-0.25, -0.2) is 0 Å². The Labute approximate surface area is 298 Å². The fraction of sp³-hybridized carbons (Fsp3) is 0.860. The zero-order valence-electron chi connectivity index (χ0n) is 32.0. The molecule has 0 aliphatic heterocycles. The molecule has 48 heavy (non-hydrogen) atoms. The third-order valence-electron chi connectivity index (χ3n) is 9.25. The molecule has 0 heterocycles. The van der Waals surface area contributed by atoms with Gasteiger partial charge in [-0.1, -0.05) is 186 Å². The van der Waals surface area contributed by atoms with E-state index in [1.165, 1.54) is 141 Å². The first-order valence-electron chi connectivity index (χ1n) is 20.9. The van der Waals surface area contributed by atoms with Crippen LogP contribution in [0.15, 0.2) is 24.3 Å². The third kappa shape index (κ3) is 37.2.